The average Bonchev–Trinajstić information content (AvgIpc) is 2.94. The molecule has 0 aliphatic carbocycles. The van der Waals surface area contributed by atoms with Crippen molar-refractivity contribution in [1.29, 1.82) is 0 Å². The van der Waals surface area contributed by atoms with Crippen molar-refractivity contribution in [2.45, 2.75) is 13.0 Å². The molecule has 2 heterocycles. The summed E-state index contributed by atoms with van der Waals surface area (Å²) >= 11 is 3.62. The molecule has 0 saturated heterocycles. The molecule has 1 N–H and O–H groups in total. The van der Waals surface area contributed by atoms with E-state index in [0.29, 0.717) is 0 Å². The van der Waals surface area contributed by atoms with Gasteiger partial charge in [-0.2, -0.15) is 0 Å². The predicted octanol–water partition coefficient (Wildman–Crippen LogP) is 4.14. The van der Waals surface area contributed by atoms with Crippen molar-refractivity contribution >= 4 is 22.7 Å². The Balaban J connectivity index is 1.90. The topological polar surface area (TPSA) is 12.0 Å². The van der Waals surface area contributed by atoms with Crippen LogP contribution in [0.5, 0.6) is 0 Å². The van der Waals surface area contributed by atoms with Gasteiger partial charge in [-0.15, -0.1) is 29.3 Å². The largest absolute Gasteiger partial charge is 0.312 e. The van der Waals surface area contributed by atoms with Gasteiger partial charge < -0.3 is 5.32 Å². The molecule has 0 bridgehead atoms. The van der Waals surface area contributed by atoms with E-state index < -0.39 is 0 Å². The lowest BCUT2D eigenvalue weighted by Crippen LogP contribution is -2.12. The fraction of sp³-hybridized carbons (Fsp3) is 0.231. The molecule has 0 atom stereocenters. The van der Waals surface area contributed by atoms with E-state index in [4.69, 9.17) is 0 Å². The maximum Gasteiger partial charge on any atom is 0.0351 e. The highest BCUT2D eigenvalue weighted by molar-refractivity contribution is 7.14. The van der Waals surface area contributed by atoms with Crippen LogP contribution in [-0.2, 0) is 6.54 Å². The molecule has 0 unspecified atom stereocenters. The fourth-order valence-electron chi connectivity index (χ4n) is 1.46. The Kier molecular flexibility index (Phi) is 4.34. The Hall–Kier alpha value is -0.900. The summed E-state index contributed by atoms with van der Waals surface area (Å²) in [5.41, 5.74) is 1.35. The standard InChI is InChI=1S/C13H15NS2/c1-2-3-6-14-9-12-8-11(10-16-12)13-5-4-7-15-13/h2,4-5,7-8,10,14H,1,3,6,9H2. The second kappa shape index (κ2) is 5.99. The molecule has 2 aromatic heterocycles. The lowest BCUT2D eigenvalue weighted by atomic mass is 10.2. The Labute approximate surface area is 104 Å². The summed E-state index contributed by atoms with van der Waals surface area (Å²) < 4.78 is 0. The maximum atomic E-state index is 3.71. The molecule has 2 rings (SSSR count). The molecule has 1 nitrogen and oxygen atoms in total. The van der Waals surface area contributed by atoms with Gasteiger partial charge in [0.2, 0.25) is 0 Å². The Morgan fingerprint density at radius 1 is 1.38 bits per heavy atom. The minimum Gasteiger partial charge on any atom is -0.312 e. The first kappa shape index (κ1) is 11.6. The molecule has 0 spiro atoms. The number of hydrogen-bond acceptors (Lipinski definition) is 3. The summed E-state index contributed by atoms with van der Waals surface area (Å²) in [5, 5.41) is 7.76. The molecule has 16 heavy (non-hydrogen) atoms. The average molecular weight is 249 g/mol. The maximum absolute atomic E-state index is 3.71. The predicted molar refractivity (Wildman–Crippen MR) is 74.2 cm³/mol. The summed E-state index contributed by atoms with van der Waals surface area (Å²) in [4.78, 5) is 2.75. The summed E-state index contributed by atoms with van der Waals surface area (Å²) in [6.07, 6.45) is 2.97. The summed E-state index contributed by atoms with van der Waals surface area (Å²) in [6, 6.07) is 6.54. The molecule has 0 saturated carbocycles. The first-order valence-corrected chi connectivity index (χ1v) is 7.09. The Morgan fingerprint density at radius 3 is 3.06 bits per heavy atom. The number of nitrogens with one attached hydrogen (secondary N) is 1. The van der Waals surface area contributed by atoms with Crippen LogP contribution in [0.25, 0.3) is 10.4 Å². The van der Waals surface area contributed by atoms with Crippen molar-refractivity contribution in [1.82, 2.24) is 5.32 Å². The zero-order valence-electron chi connectivity index (χ0n) is 9.11. The van der Waals surface area contributed by atoms with Crippen LogP contribution in [0.15, 0.2) is 41.6 Å². The SMILES string of the molecule is C=CCCNCc1cc(-c2cccs2)cs1. The van der Waals surface area contributed by atoms with E-state index in [1.54, 1.807) is 11.3 Å². The molecule has 0 aliphatic heterocycles. The first-order chi connectivity index (χ1) is 7.90. The number of thiophene rings is 2. The normalized spacial score (nSPS) is 10.5. The van der Waals surface area contributed by atoms with Gasteiger partial charge in [0.05, 0.1) is 0 Å². The minimum atomic E-state index is 0.962. The van der Waals surface area contributed by atoms with Gasteiger partial charge in [0.1, 0.15) is 0 Å². The van der Waals surface area contributed by atoms with Gasteiger partial charge in [0.25, 0.3) is 0 Å². The van der Waals surface area contributed by atoms with E-state index in [1.165, 1.54) is 15.3 Å². The van der Waals surface area contributed by atoms with Crippen LogP contribution in [-0.4, -0.2) is 6.54 Å². The number of hydrogen-bond donors (Lipinski definition) is 1. The lowest BCUT2D eigenvalue weighted by Gasteiger charge is -1.98. The third-order valence-corrected chi connectivity index (χ3v) is 4.14. The van der Waals surface area contributed by atoms with E-state index in [0.717, 1.165) is 19.5 Å². The molecule has 84 valence electrons. The highest BCUT2D eigenvalue weighted by Gasteiger charge is 2.02. The molecule has 0 radical (unpaired) electrons. The van der Waals surface area contributed by atoms with Gasteiger partial charge in [-0.1, -0.05) is 12.1 Å². The molecular formula is C13H15NS2. The molecular weight excluding hydrogens is 234 g/mol. The second-order valence-electron chi connectivity index (χ2n) is 3.53. The zero-order valence-corrected chi connectivity index (χ0v) is 10.7. The molecule has 0 aromatic carbocycles. The lowest BCUT2D eigenvalue weighted by molar-refractivity contribution is 0.703. The smallest absolute Gasteiger partial charge is 0.0351 e. The monoisotopic (exact) mass is 249 g/mol. The van der Waals surface area contributed by atoms with Gasteiger partial charge in [-0.3, -0.25) is 0 Å². The Bertz CT molecular complexity index is 428. The van der Waals surface area contributed by atoms with Gasteiger partial charge in [0, 0.05) is 21.9 Å². The van der Waals surface area contributed by atoms with Crippen LogP contribution in [0, 0.1) is 0 Å². The summed E-state index contributed by atoms with van der Waals surface area (Å²) in [5.74, 6) is 0. The molecule has 0 aliphatic rings. The van der Waals surface area contributed by atoms with Crippen molar-refractivity contribution in [3.8, 4) is 10.4 Å². The van der Waals surface area contributed by atoms with Crippen LogP contribution < -0.4 is 5.32 Å². The molecule has 0 fully saturated rings. The van der Waals surface area contributed by atoms with Crippen LogP contribution in [0.3, 0.4) is 0 Å². The highest BCUT2D eigenvalue weighted by Crippen LogP contribution is 2.29. The molecule has 0 amide bonds. The second-order valence-corrected chi connectivity index (χ2v) is 5.48. The van der Waals surface area contributed by atoms with Crippen molar-refractivity contribution < 1.29 is 0 Å². The van der Waals surface area contributed by atoms with Crippen LogP contribution >= 0.6 is 22.7 Å². The number of rotatable bonds is 6. The first-order valence-electron chi connectivity index (χ1n) is 5.33. The van der Waals surface area contributed by atoms with E-state index >= 15 is 0 Å². The quantitative estimate of drug-likeness (QED) is 0.599. The van der Waals surface area contributed by atoms with E-state index in [1.807, 2.05) is 17.4 Å². The fourth-order valence-corrected chi connectivity index (χ4v) is 3.10. The van der Waals surface area contributed by atoms with E-state index in [9.17, 15) is 0 Å². The third kappa shape index (κ3) is 3.04. The van der Waals surface area contributed by atoms with Crippen molar-refractivity contribution in [3.63, 3.8) is 0 Å². The van der Waals surface area contributed by atoms with Gasteiger partial charge in [0.15, 0.2) is 0 Å². The minimum absolute atomic E-state index is 0.962. The van der Waals surface area contributed by atoms with E-state index in [-0.39, 0.29) is 0 Å². The summed E-state index contributed by atoms with van der Waals surface area (Å²) in [7, 11) is 0. The van der Waals surface area contributed by atoms with Gasteiger partial charge in [-0.05, 0) is 35.9 Å². The molecule has 3 heteroatoms. The van der Waals surface area contributed by atoms with Crippen LogP contribution in [0.1, 0.15) is 11.3 Å². The zero-order chi connectivity index (χ0) is 11.2. The van der Waals surface area contributed by atoms with Crippen molar-refractivity contribution in [3.05, 3.63) is 46.5 Å². The van der Waals surface area contributed by atoms with Crippen molar-refractivity contribution in [2.24, 2.45) is 0 Å². The third-order valence-electron chi connectivity index (χ3n) is 2.28. The summed E-state index contributed by atoms with van der Waals surface area (Å²) in [6.45, 7) is 5.68. The van der Waals surface area contributed by atoms with Gasteiger partial charge >= 0.3 is 0 Å². The van der Waals surface area contributed by atoms with Crippen LogP contribution in [0.2, 0.25) is 0 Å². The Morgan fingerprint density at radius 2 is 2.31 bits per heavy atom. The molecule has 2 aromatic rings. The van der Waals surface area contributed by atoms with Gasteiger partial charge in [-0.25, -0.2) is 0 Å². The van der Waals surface area contributed by atoms with Crippen molar-refractivity contribution in [2.75, 3.05) is 6.54 Å². The van der Waals surface area contributed by atoms with Crippen LogP contribution in [0.4, 0.5) is 0 Å². The van der Waals surface area contributed by atoms with E-state index in [2.05, 4.69) is 40.9 Å². The highest BCUT2D eigenvalue weighted by atomic mass is 32.1.